The molecule has 2 aliphatic heterocycles. The van der Waals surface area contributed by atoms with Crippen LogP contribution in [-0.2, 0) is 9.47 Å². The maximum atomic E-state index is 9.73. The Balaban J connectivity index is 2.15. The van der Waals surface area contributed by atoms with Gasteiger partial charge >= 0.3 is 0 Å². The van der Waals surface area contributed by atoms with E-state index in [1.807, 2.05) is 0 Å². The van der Waals surface area contributed by atoms with Gasteiger partial charge in [0.25, 0.3) is 0 Å². The molecule has 0 spiro atoms. The first-order chi connectivity index (χ1) is 6.00. The molecule has 2 rings (SSSR count). The Bertz CT molecular complexity index is 197. The zero-order valence-corrected chi connectivity index (χ0v) is 8.49. The molecule has 4 atom stereocenters. The highest BCUT2D eigenvalue weighted by Gasteiger charge is 2.50. The van der Waals surface area contributed by atoms with Gasteiger partial charge in [-0.05, 0) is 11.3 Å². The number of aliphatic hydroxyl groups excluding tert-OH is 1. The van der Waals surface area contributed by atoms with Crippen molar-refractivity contribution in [2.75, 3.05) is 13.2 Å². The van der Waals surface area contributed by atoms with Crippen molar-refractivity contribution in [2.45, 2.75) is 33.2 Å². The van der Waals surface area contributed by atoms with Gasteiger partial charge in [0.1, 0.15) is 0 Å². The van der Waals surface area contributed by atoms with Crippen LogP contribution in [0.1, 0.15) is 20.8 Å². The van der Waals surface area contributed by atoms with E-state index in [1.165, 1.54) is 0 Å². The fourth-order valence-corrected chi connectivity index (χ4v) is 2.35. The minimum absolute atomic E-state index is 0.153. The van der Waals surface area contributed by atoms with E-state index < -0.39 is 0 Å². The van der Waals surface area contributed by atoms with E-state index in [2.05, 4.69) is 20.8 Å². The number of ether oxygens (including phenoxy) is 2. The molecule has 0 aliphatic carbocycles. The zero-order valence-electron chi connectivity index (χ0n) is 8.49. The van der Waals surface area contributed by atoms with Gasteiger partial charge in [0, 0.05) is 5.92 Å². The van der Waals surface area contributed by atoms with E-state index in [0.717, 1.165) is 6.61 Å². The second-order valence-electron chi connectivity index (χ2n) is 5.15. The second kappa shape index (κ2) is 2.94. The fourth-order valence-electron chi connectivity index (χ4n) is 2.35. The Morgan fingerprint density at radius 2 is 1.77 bits per heavy atom. The molecule has 3 heteroatoms. The largest absolute Gasteiger partial charge is 0.390 e. The van der Waals surface area contributed by atoms with Crippen LogP contribution in [0.3, 0.4) is 0 Å². The summed E-state index contributed by atoms with van der Waals surface area (Å²) in [7, 11) is 0. The molecule has 0 radical (unpaired) electrons. The van der Waals surface area contributed by atoms with Gasteiger partial charge in [-0.2, -0.15) is 0 Å². The third-order valence-electron chi connectivity index (χ3n) is 3.21. The van der Waals surface area contributed by atoms with Crippen LogP contribution in [-0.4, -0.2) is 30.7 Å². The van der Waals surface area contributed by atoms with Crippen LogP contribution in [0.4, 0.5) is 0 Å². The molecule has 76 valence electrons. The quantitative estimate of drug-likeness (QED) is 0.613. The molecule has 0 aromatic heterocycles. The molecular weight excluding hydrogens is 168 g/mol. The van der Waals surface area contributed by atoms with Gasteiger partial charge in [-0.25, -0.2) is 0 Å². The molecule has 1 N–H and O–H groups in total. The SMILES string of the molecule is CC(C)(C)C1COC2OCC(O)C21. The molecule has 2 heterocycles. The highest BCUT2D eigenvalue weighted by Crippen LogP contribution is 2.44. The molecule has 4 unspecified atom stereocenters. The lowest BCUT2D eigenvalue weighted by atomic mass is 9.73. The number of fused-ring (bicyclic) bond motifs is 1. The molecule has 0 aromatic rings. The average molecular weight is 186 g/mol. The van der Waals surface area contributed by atoms with Crippen LogP contribution in [0.5, 0.6) is 0 Å². The highest BCUT2D eigenvalue weighted by atomic mass is 16.7. The minimum Gasteiger partial charge on any atom is -0.390 e. The first kappa shape index (κ1) is 9.44. The van der Waals surface area contributed by atoms with Crippen molar-refractivity contribution in [1.82, 2.24) is 0 Å². The maximum absolute atomic E-state index is 9.73. The second-order valence-corrected chi connectivity index (χ2v) is 5.15. The number of hydrogen-bond acceptors (Lipinski definition) is 3. The molecule has 0 bridgehead atoms. The van der Waals surface area contributed by atoms with Gasteiger partial charge in [-0.3, -0.25) is 0 Å². The normalized spacial score (nSPS) is 45.2. The van der Waals surface area contributed by atoms with Crippen molar-refractivity contribution >= 4 is 0 Å². The first-order valence-electron chi connectivity index (χ1n) is 4.91. The Labute approximate surface area is 79.0 Å². The molecule has 2 saturated heterocycles. The van der Waals surface area contributed by atoms with Gasteiger partial charge in [-0.15, -0.1) is 0 Å². The smallest absolute Gasteiger partial charge is 0.163 e. The van der Waals surface area contributed by atoms with Gasteiger partial charge < -0.3 is 14.6 Å². The molecule has 13 heavy (non-hydrogen) atoms. The van der Waals surface area contributed by atoms with Crippen molar-refractivity contribution < 1.29 is 14.6 Å². The van der Waals surface area contributed by atoms with Crippen LogP contribution in [0, 0.1) is 17.3 Å². The summed E-state index contributed by atoms with van der Waals surface area (Å²) in [5, 5.41) is 9.73. The summed E-state index contributed by atoms with van der Waals surface area (Å²) in [5.41, 5.74) is 0.189. The molecule has 0 aromatic carbocycles. The minimum atomic E-state index is -0.336. The summed E-state index contributed by atoms with van der Waals surface area (Å²) < 4.78 is 10.8. The van der Waals surface area contributed by atoms with Crippen molar-refractivity contribution in [3.8, 4) is 0 Å². The summed E-state index contributed by atoms with van der Waals surface area (Å²) in [6.45, 7) is 7.72. The highest BCUT2D eigenvalue weighted by molar-refractivity contribution is 4.93. The van der Waals surface area contributed by atoms with E-state index in [9.17, 15) is 5.11 Å². The lowest BCUT2D eigenvalue weighted by Gasteiger charge is -2.30. The van der Waals surface area contributed by atoms with E-state index in [-0.39, 0.29) is 23.7 Å². The fraction of sp³-hybridized carbons (Fsp3) is 1.00. The predicted molar refractivity (Wildman–Crippen MR) is 48.1 cm³/mol. The van der Waals surface area contributed by atoms with Gasteiger partial charge in [0.05, 0.1) is 19.3 Å². The van der Waals surface area contributed by atoms with Gasteiger partial charge in [0.2, 0.25) is 0 Å². The summed E-state index contributed by atoms with van der Waals surface area (Å²) in [6.07, 6.45) is -0.490. The van der Waals surface area contributed by atoms with E-state index in [0.29, 0.717) is 12.5 Å². The first-order valence-corrected chi connectivity index (χ1v) is 4.91. The summed E-state index contributed by atoms with van der Waals surface area (Å²) in [4.78, 5) is 0. The van der Waals surface area contributed by atoms with Crippen LogP contribution in [0.15, 0.2) is 0 Å². The standard InChI is InChI=1S/C10H18O3/c1-10(2,3)6-4-12-9-8(6)7(11)5-13-9/h6-9,11H,4-5H2,1-3H3. The topological polar surface area (TPSA) is 38.7 Å². The van der Waals surface area contributed by atoms with Crippen molar-refractivity contribution in [2.24, 2.45) is 17.3 Å². The van der Waals surface area contributed by atoms with Crippen molar-refractivity contribution in [3.63, 3.8) is 0 Å². The molecule has 3 nitrogen and oxygen atoms in total. The van der Waals surface area contributed by atoms with Crippen LogP contribution in [0.2, 0.25) is 0 Å². The number of rotatable bonds is 0. The number of hydrogen-bond donors (Lipinski definition) is 1. The molecule has 0 amide bonds. The Morgan fingerprint density at radius 1 is 1.15 bits per heavy atom. The Morgan fingerprint density at radius 3 is 2.38 bits per heavy atom. The zero-order chi connectivity index (χ0) is 9.64. The molecule has 2 aliphatic rings. The predicted octanol–water partition coefficient (Wildman–Crippen LogP) is 1.01. The van der Waals surface area contributed by atoms with E-state index >= 15 is 0 Å². The Kier molecular flexibility index (Phi) is 2.13. The summed E-state index contributed by atoms with van der Waals surface area (Å²) in [5.74, 6) is 0.593. The number of aliphatic hydroxyl groups is 1. The van der Waals surface area contributed by atoms with Gasteiger partial charge in [0.15, 0.2) is 6.29 Å². The van der Waals surface area contributed by atoms with Crippen LogP contribution in [0.25, 0.3) is 0 Å². The molecule has 0 saturated carbocycles. The molecule has 2 fully saturated rings. The Hall–Kier alpha value is -0.120. The third kappa shape index (κ3) is 1.49. The monoisotopic (exact) mass is 186 g/mol. The van der Waals surface area contributed by atoms with E-state index in [4.69, 9.17) is 9.47 Å². The summed E-state index contributed by atoms with van der Waals surface area (Å²) in [6, 6.07) is 0. The third-order valence-corrected chi connectivity index (χ3v) is 3.21. The van der Waals surface area contributed by atoms with Gasteiger partial charge in [-0.1, -0.05) is 20.8 Å². The average Bonchev–Trinajstić information content (AvgIpc) is 2.51. The lowest BCUT2D eigenvalue weighted by molar-refractivity contribution is -0.0910. The van der Waals surface area contributed by atoms with Crippen LogP contribution >= 0.6 is 0 Å². The summed E-state index contributed by atoms with van der Waals surface area (Å²) >= 11 is 0. The van der Waals surface area contributed by atoms with E-state index in [1.54, 1.807) is 0 Å². The van der Waals surface area contributed by atoms with Crippen LogP contribution < -0.4 is 0 Å². The lowest BCUT2D eigenvalue weighted by Crippen LogP contribution is -2.34. The van der Waals surface area contributed by atoms with Crippen molar-refractivity contribution in [1.29, 1.82) is 0 Å². The van der Waals surface area contributed by atoms with Crippen molar-refractivity contribution in [3.05, 3.63) is 0 Å². The molecular formula is C10H18O3. The maximum Gasteiger partial charge on any atom is 0.163 e.